The highest BCUT2D eigenvalue weighted by Gasteiger charge is 2.40. The van der Waals surface area contributed by atoms with Crippen LogP contribution in [-0.2, 0) is 11.2 Å². The number of thiocarbonyl (C=S) groups is 1. The van der Waals surface area contributed by atoms with Gasteiger partial charge in [0.05, 0.1) is 10.4 Å². The maximum Gasteiger partial charge on any atom is 0.233 e. The molecule has 118 valence electrons. The number of nitrogens with two attached hydrogens (primary N) is 1. The lowest BCUT2D eigenvalue weighted by molar-refractivity contribution is -0.128. The van der Waals surface area contributed by atoms with Gasteiger partial charge in [0, 0.05) is 17.3 Å². The number of hydrogen-bond acceptors (Lipinski definition) is 3. The third-order valence-corrected chi connectivity index (χ3v) is 5.01. The van der Waals surface area contributed by atoms with E-state index in [2.05, 4.69) is 30.6 Å². The Balaban J connectivity index is 2.77. The molecule has 0 saturated carbocycles. The maximum atomic E-state index is 12.8. The Morgan fingerprint density at radius 2 is 2.05 bits per heavy atom. The van der Waals surface area contributed by atoms with Gasteiger partial charge in [-0.2, -0.15) is 0 Å². The smallest absolute Gasteiger partial charge is 0.233 e. The van der Waals surface area contributed by atoms with Crippen LogP contribution >= 0.6 is 23.6 Å². The average molecular weight is 327 g/mol. The van der Waals surface area contributed by atoms with Crippen molar-refractivity contribution in [2.45, 2.75) is 58.9 Å². The summed E-state index contributed by atoms with van der Waals surface area (Å²) >= 11 is 6.93. The van der Waals surface area contributed by atoms with E-state index < -0.39 is 5.41 Å². The van der Waals surface area contributed by atoms with E-state index in [1.54, 1.807) is 11.3 Å². The third-order valence-electron chi connectivity index (χ3n) is 3.72. The molecule has 0 radical (unpaired) electrons. The van der Waals surface area contributed by atoms with Crippen LogP contribution in [0.25, 0.3) is 0 Å². The standard InChI is InChI=1S/C16H26N2OS2/c1-4-8-16(9-5-2,14(17)20)15(19)18-12(3)11-13-7-6-10-21-13/h6-7,10,12H,4-5,8-9,11H2,1-3H3,(H2,17,20)(H,18,19). The Kier molecular flexibility index (Phi) is 7.32. The van der Waals surface area contributed by atoms with E-state index in [9.17, 15) is 4.79 Å². The second-order valence-corrected chi connectivity index (χ2v) is 7.08. The van der Waals surface area contributed by atoms with Gasteiger partial charge >= 0.3 is 0 Å². The number of thiophene rings is 1. The van der Waals surface area contributed by atoms with Gasteiger partial charge in [0.2, 0.25) is 5.91 Å². The fraction of sp³-hybridized carbons (Fsp3) is 0.625. The monoisotopic (exact) mass is 326 g/mol. The minimum atomic E-state index is -0.692. The lowest BCUT2D eigenvalue weighted by Gasteiger charge is -2.32. The fourth-order valence-electron chi connectivity index (χ4n) is 2.71. The van der Waals surface area contributed by atoms with Crippen LogP contribution in [0.1, 0.15) is 51.3 Å². The highest BCUT2D eigenvalue weighted by atomic mass is 32.1. The lowest BCUT2D eigenvalue weighted by Crippen LogP contribution is -2.51. The molecule has 0 aliphatic heterocycles. The van der Waals surface area contributed by atoms with Gasteiger partial charge in [-0.15, -0.1) is 11.3 Å². The van der Waals surface area contributed by atoms with Crippen LogP contribution < -0.4 is 11.1 Å². The molecule has 1 heterocycles. The van der Waals surface area contributed by atoms with E-state index in [4.69, 9.17) is 18.0 Å². The maximum absolute atomic E-state index is 12.8. The zero-order valence-electron chi connectivity index (χ0n) is 13.1. The van der Waals surface area contributed by atoms with Gasteiger partial charge in [-0.3, -0.25) is 4.79 Å². The fourth-order valence-corrected chi connectivity index (χ4v) is 3.84. The van der Waals surface area contributed by atoms with Crippen molar-refractivity contribution >= 4 is 34.5 Å². The molecule has 1 unspecified atom stereocenters. The Labute approximate surface area is 137 Å². The molecular weight excluding hydrogens is 300 g/mol. The summed E-state index contributed by atoms with van der Waals surface area (Å²) < 4.78 is 0. The van der Waals surface area contributed by atoms with E-state index in [1.807, 2.05) is 13.0 Å². The number of hydrogen-bond donors (Lipinski definition) is 2. The molecule has 1 aromatic rings. The Morgan fingerprint density at radius 3 is 2.48 bits per heavy atom. The summed E-state index contributed by atoms with van der Waals surface area (Å²) in [5, 5.41) is 5.16. The highest BCUT2D eigenvalue weighted by molar-refractivity contribution is 7.80. The Morgan fingerprint density at radius 1 is 1.43 bits per heavy atom. The van der Waals surface area contributed by atoms with Crippen LogP contribution in [0.5, 0.6) is 0 Å². The predicted octanol–water partition coefficient (Wildman–Crippen LogP) is 3.67. The van der Waals surface area contributed by atoms with Crippen LogP contribution in [0, 0.1) is 5.41 Å². The zero-order chi connectivity index (χ0) is 15.9. The first-order valence-corrected chi connectivity index (χ1v) is 8.88. The molecule has 3 nitrogen and oxygen atoms in total. The van der Waals surface area contributed by atoms with Gasteiger partial charge in [0.15, 0.2) is 0 Å². The van der Waals surface area contributed by atoms with Gasteiger partial charge in [0.25, 0.3) is 0 Å². The first-order chi connectivity index (χ1) is 9.96. The van der Waals surface area contributed by atoms with E-state index in [0.29, 0.717) is 17.8 Å². The van der Waals surface area contributed by atoms with Gasteiger partial charge in [-0.1, -0.05) is 45.0 Å². The van der Waals surface area contributed by atoms with Crippen LogP contribution in [0.3, 0.4) is 0 Å². The van der Waals surface area contributed by atoms with Crippen molar-refractivity contribution < 1.29 is 4.79 Å². The summed E-state index contributed by atoms with van der Waals surface area (Å²) in [5.41, 5.74) is 5.24. The number of rotatable bonds is 9. The summed E-state index contributed by atoms with van der Waals surface area (Å²) in [7, 11) is 0. The largest absolute Gasteiger partial charge is 0.392 e. The first-order valence-electron chi connectivity index (χ1n) is 7.59. The number of nitrogens with one attached hydrogen (secondary N) is 1. The van der Waals surface area contributed by atoms with Crippen LogP contribution in [0.15, 0.2) is 17.5 Å². The van der Waals surface area contributed by atoms with Gasteiger partial charge < -0.3 is 11.1 Å². The zero-order valence-corrected chi connectivity index (χ0v) is 14.8. The molecule has 1 rings (SSSR count). The van der Waals surface area contributed by atoms with Crippen molar-refractivity contribution in [2.24, 2.45) is 11.1 Å². The summed E-state index contributed by atoms with van der Waals surface area (Å²) in [5.74, 6) is -0.0113. The summed E-state index contributed by atoms with van der Waals surface area (Å²) in [4.78, 5) is 14.3. The summed E-state index contributed by atoms with van der Waals surface area (Å²) in [6.45, 7) is 6.15. The average Bonchev–Trinajstić information content (AvgIpc) is 2.90. The van der Waals surface area contributed by atoms with Crippen LogP contribution in [0.4, 0.5) is 0 Å². The molecule has 3 N–H and O–H groups in total. The quantitative estimate of drug-likeness (QED) is 0.681. The minimum absolute atomic E-state index is 0.0113. The number of carbonyl (C=O) groups is 1. The van der Waals surface area contributed by atoms with E-state index >= 15 is 0 Å². The Bertz CT molecular complexity index is 451. The second-order valence-electron chi connectivity index (χ2n) is 5.60. The molecule has 21 heavy (non-hydrogen) atoms. The first kappa shape index (κ1) is 18.1. The summed E-state index contributed by atoms with van der Waals surface area (Å²) in [6, 6.07) is 4.20. The molecule has 0 saturated heterocycles. The lowest BCUT2D eigenvalue weighted by atomic mass is 9.78. The molecule has 5 heteroatoms. The molecule has 0 spiro atoms. The normalized spacial score (nSPS) is 12.9. The molecule has 0 fully saturated rings. The van der Waals surface area contributed by atoms with Crippen LogP contribution in [0.2, 0.25) is 0 Å². The van der Waals surface area contributed by atoms with Crippen molar-refractivity contribution in [1.82, 2.24) is 5.32 Å². The SMILES string of the molecule is CCCC(CCC)(C(=O)NC(C)Cc1cccs1)C(N)=S. The van der Waals surface area contributed by atoms with Crippen molar-refractivity contribution in [1.29, 1.82) is 0 Å². The van der Waals surface area contributed by atoms with Crippen molar-refractivity contribution in [2.75, 3.05) is 0 Å². The molecule has 1 atom stereocenters. The van der Waals surface area contributed by atoms with Gasteiger partial charge in [-0.25, -0.2) is 0 Å². The Hall–Kier alpha value is -0.940. The van der Waals surface area contributed by atoms with E-state index in [1.165, 1.54) is 4.88 Å². The van der Waals surface area contributed by atoms with Crippen LogP contribution in [-0.4, -0.2) is 16.9 Å². The molecule has 0 aromatic carbocycles. The minimum Gasteiger partial charge on any atom is -0.392 e. The highest BCUT2D eigenvalue weighted by Crippen LogP contribution is 2.31. The molecule has 0 bridgehead atoms. The third kappa shape index (κ3) is 4.78. The van der Waals surface area contributed by atoms with Crippen molar-refractivity contribution in [3.8, 4) is 0 Å². The van der Waals surface area contributed by atoms with E-state index in [-0.39, 0.29) is 11.9 Å². The molecule has 0 aliphatic rings. The molecule has 1 aromatic heterocycles. The number of amides is 1. The van der Waals surface area contributed by atoms with E-state index in [0.717, 1.165) is 19.3 Å². The molecule has 0 aliphatic carbocycles. The summed E-state index contributed by atoms with van der Waals surface area (Å²) in [6.07, 6.45) is 4.06. The second kappa shape index (κ2) is 8.49. The molecular formula is C16H26N2OS2. The van der Waals surface area contributed by atoms with Crippen molar-refractivity contribution in [3.63, 3.8) is 0 Å². The number of carbonyl (C=O) groups excluding carboxylic acids is 1. The predicted molar refractivity (Wildman–Crippen MR) is 94.7 cm³/mol. The van der Waals surface area contributed by atoms with Gasteiger partial charge in [0.1, 0.15) is 0 Å². The molecule has 1 amide bonds. The van der Waals surface area contributed by atoms with Crippen molar-refractivity contribution in [3.05, 3.63) is 22.4 Å². The topological polar surface area (TPSA) is 55.1 Å². The van der Waals surface area contributed by atoms with Gasteiger partial charge in [-0.05, 0) is 31.2 Å².